The number of thiazole rings is 3. The maximum Gasteiger partial charge on any atom is 0.0953 e. The minimum absolute atomic E-state index is 0.473. The van der Waals surface area contributed by atoms with E-state index in [-0.39, 0.29) is 0 Å². The van der Waals surface area contributed by atoms with Gasteiger partial charge in [0.25, 0.3) is 0 Å². The van der Waals surface area contributed by atoms with E-state index in [2.05, 4.69) is 216 Å². The Morgan fingerprint density at radius 2 is 1.03 bits per heavy atom. The lowest BCUT2D eigenvalue weighted by molar-refractivity contribution is 0.507. The topological polar surface area (TPSA) is 92.1 Å². The van der Waals surface area contributed by atoms with Gasteiger partial charge in [-0.25, -0.2) is 19.9 Å². The van der Waals surface area contributed by atoms with E-state index in [4.69, 9.17) is 0 Å². The van der Waals surface area contributed by atoms with Gasteiger partial charge in [0.05, 0.1) is 49.8 Å². The van der Waals surface area contributed by atoms with E-state index in [1.807, 2.05) is 28.8 Å². The fourth-order valence-electron chi connectivity index (χ4n) is 6.70. The zero-order chi connectivity index (χ0) is 51.0. The molecular weight excluding hydrogens is 883 g/mol. The van der Waals surface area contributed by atoms with Crippen LogP contribution in [-0.2, 0) is 45.6 Å². The van der Waals surface area contributed by atoms with E-state index in [0.717, 1.165) is 43.9 Å². The monoisotopic (exact) mass is 978 g/mol. The Kier molecular flexibility index (Phi) is 29.7. The van der Waals surface area contributed by atoms with Crippen molar-refractivity contribution < 1.29 is 0 Å². The van der Waals surface area contributed by atoms with E-state index in [1.165, 1.54) is 60.5 Å². The highest BCUT2D eigenvalue weighted by Gasteiger charge is 2.09. The number of aromatic nitrogens is 9. The quantitative estimate of drug-likeness (QED) is 0.102. The molecule has 6 aromatic heterocycles. The van der Waals surface area contributed by atoms with E-state index in [0.29, 0.717) is 41.7 Å². The van der Waals surface area contributed by atoms with Gasteiger partial charge < -0.3 is 4.57 Å². The molecule has 0 saturated heterocycles. The Hall–Kier alpha value is -3.48. The van der Waals surface area contributed by atoms with Crippen molar-refractivity contribution in [3.8, 4) is 0 Å². The molecule has 6 heterocycles. The van der Waals surface area contributed by atoms with Crippen molar-refractivity contribution in [2.45, 2.75) is 202 Å². The van der Waals surface area contributed by atoms with Crippen LogP contribution >= 0.6 is 34.0 Å². The molecule has 0 unspecified atom stereocenters. The lowest BCUT2D eigenvalue weighted by Crippen LogP contribution is -2.05. The fourth-order valence-corrected chi connectivity index (χ4v) is 9.18. The van der Waals surface area contributed by atoms with Crippen molar-refractivity contribution in [1.29, 1.82) is 0 Å². The smallest absolute Gasteiger partial charge is 0.0953 e. The molecule has 12 heteroatoms. The van der Waals surface area contributed by atoms with Gasteiger partial charge in [0.2, 0.25) is 0 Å². The maximum absolute atomic E-state index is 4.57. The first-order valence-electron chi connectivity index (χ1n) is 25.1. The molecule has 0 aromatic carbocycles. The molecule has 0 N–H and O–H groups in total. The van der Waals surface area contributed by atoms with E-state index in [9.17, 15) is 0 Å². The lowest BCUT2D eigenvalue weighted by atomic mass is 10.1. The molecule has 0 saturated carbocycles. The molecular formula is C55H95N9S3. The SMILES string of the molecule is CC(C)Cc1ccn(C(C)C)n1.CC(C)Cc1cn(C)cn1.CC(C)Cc1csc(C(C)C)n1.Cc1cc(CC(C)C)nn1C(C)C.Cc1nc(CC(C)C)cs1.Cc1ncc(CC(C)C)s1. The Labute approximate surface area is 422 Å². The third-order valence-corrected chi connectivity index (χ3v) is 12.5. The first-order valence-corrected chi connectivity index (χ1v) is 27.6. The molecule has 6 aromatic rings. The third kappa shape index (κ3) is 28.6. The van der Waals surface area contributed by atoms with Gasteiger partial charge in [0.15, 0.2) is 0 Å². The fraction of sp³-hybridized carbons (Fsp3) is 0.673. The molecule has 0 bridgehead atoms. The highest BCUT2D eigenvalue weighted by Crippen LogP contribution is 2.21. The summed E-state index contributed by atoms with van der Waals surface area (Å²) in [4.78, 5) is 18.8. The van der Waals surface area contributed by atoms with E-state index < -0.39 is 0 Å². The number of hydrogen-bond donors (Lipinski definition) is 0. The summed E-state index contributed by atoms with van der Waals surface area (Å²) in [6, 6.07) is 5.26. The van der Waals surface area contributed by atoms with Gasteiger partial charge in [-0.1, -0.05) is 96.9 Å². The van der Waals surface area contributed by atoms with Crippen molar-refractivity contribution in [3.63, 3.8) is 0 Å². The van der Waals surface area contributed by atoms with Crippen LogP contribution in [0.4, 0.5) is 0 Å². The van der Waals surface area contributed by atoms with Gasteiger partial charge in [0, 0.05) is 65.0 Å². The Morgan fingerprint density at radius 1 is 0.522 bits per heavy atom. The van der Waals surface area contributed by atoms with Crippen LogP contribution in [0.1, 0.15) is 197 Å². The second kappa shape index (κ2) is 32.4. The molecule has 378 valence electrons. The van der Waals surface area contributed by atoms with Gasteiger partial charge in [0.1, 0.15) is 0 Å². The summed E-state index contributed by atoms with van der Waals surface area (Å²) >= 11 is 5.33. The molecule has 0 spiro atoms. The van der Waals surface area contributed by atoms with Crippen LogP contribution in [0.3, 0.4) is 0 Å². The van der Waals surface area contributed by atoms with Gasteiger partial charge in [-0.05, 0) is 135 Å². The van der Waals surface area contributed by atoms with Crippen molar-refractivity contribution >= 4 is 34.0 Å². The summed E-state index contributed by atoms with van der Waals surface area (Å²) in [7, 11) is 2.00. The zero-order valence-corrected chi connectivity index (χ0v) is 48.8. The predicted molar refractivity (Wildman–Crippen MR) is 294 cm³/mol. The molecule has 0 fully saturated rings. The molecule has 0 amide bonds. The summed E-state index contributed by atoms with van der Waals surface area (Å²) in [5, 5.41) is 17.0. The number of imidazole rings is 1. The Bertz CT molecular complexity index is 1970. The molecule has 6 rings (SSSR count). The molecule has 0 radical (unpaired) electrons. The normalized spacial score (nSPS) is 11.2. The number of aryl methyl sites for hydroxylation is 4. The number of nitrogens with zero attached hydrogens (tertiary/aromatic N) is 9. The first kappa shape index (κ1) is 61.5. The standard InChI is InChI=1S/C11H20N2.C10H18N2.C10H17NS.C8H14N2.2C8H13NS/c1-8(2)6-11-7-10(5)13(12-11)9(3)4;1-8(2)7-10-5-6-12(11-10)9(3)4;1-7(2)5-9-6-12-10(11-9)8(3)4;1-7(2)4-8-5-10(3)6-9-8;1-6(2)4-8-5-10-7(3)9-8;1-6(2)4-8-5-9-7(3)10-8/h7-9H,6H2,1-5H3;5-6,8-9H,7H2,1-4H3;6-8H,5H2,1-4H3;5-7H,4H2,1-3H3;2*5-6H,4H2,1-3H3. The van der Waals surface area contributed by atoms with Gasteiger partial charge in [-0.2, -0.15) is 10.2 Å². The van der Waals surface area contributed by atoms with Crippen molar-refractivity contribution in [2.75, 3.05) is 0 Å². The first-order chi connectivity index (χ1) is 31.2. The van der Waals surface area contributed by atoms with Gasteiger partial charge in [-0.15, -0.1) is 34.0 Å². The summed E-state index contributed by atoms with van der Waals surface area (Å²) in [6.45, 7) is 45.9. The van der Waals surface area contributed by atoms with Crippen LogP contribution in [0.15, 0.2) is 47.8 Å². The lowest BCUT2D eigenvalue weighted by Gasteiger charge is -2.07. The van der Waals surface area contributed by atoms with Crippen LogP contribution in [-0.4, -0.2) is 44.1 Å². The van der Waals surface area contributed by atoms with E-state index >= 15 is 0 Å². The van der Waals surface area contributed by atoms with Crippen LogP contribution in [0.25, 0.3) is 0 Å². The van der Waals surface area contributed by atoms with Gasteiger partial charge in [-0.3, -0.25) is 9.36 Å². The maximum atomic E-state index is 4.57. The van der Waals surface area contributed by atoms with Crippen LogP contribution in [0, 0.1) is 56.3 Å². The minimum atomic E-state index is 0.473. The van der Waals surface area contributed by atoms with E-state index in [1.54, 1.807) is 34.0 Å². The molecule has 0 aliphatic heterocycles. The average Bonchev–Trinajstić information content (AvgIpc) is 4.06. The van der Waals surface area contributed by atoms with Crippen molar-refractivity contribution in [3.05, 3.63) is 102 Å². The Balaban J connectivity index is 0.000000403. The van der Waals surface area contributed by atoms with Gasteiger partial charge >= 0.3 is 0 Å². The minimum Gasteiger partial charge on any atom is -0.340 e. The predicted octanol–water partition coefficient (Wildman–Crippen LogP) is 16.0. The molecule has 0 aliphatic rings. The summed E-state index contributed by atoms with van der Waals surface area (Å²) in [5.41, 5.74) is 7.40. The van der Waals surface area contributed by atoms with Crippen LogP contribution in [0.2, 0.25) is 0 Å². The second-order valence-corrected chi connectivity index (χ2v) is 24.6. The largest absolute Gasteiger partial charge is 0.340 e. The van der Waals surface area contributed by atoms with Crippen molar-refractivity contribution in [1.82, 2.24) is 44.1 Å². The summed E-state index contributed by atoms with van der Waals surface area (Å²) in [5.74, 6) is 4.86. The second-order valence-electron chi connectivity index (χ2n) is 21.3. The van der Waals surface area contributed by atoms with Crippen LogP contribution < -0.4 is 0 Å². The molecule has 9 nitrogen and oxygen atoms in total. The summed E-state index contributed by atoms with van der Waals surface area (Å²) < 4.78 is 6.09. The van der Waals surface area contributed by atoms with Crippen molar-refractivity contribution in [2.24, 2.45) is 42.6 Å². The molecule has 0 atom stereocenters. The molecule has 67 heavy (non-hydrogen) atoms. The van der Waals surface area contributed by atoms with Crippen LogP contribution in [0.5, 0.6) is 0 Å². The highest BCUT2D eigenvalue weighted by molar-refractivity contribution is 7.11. The number of rotatable bonds is 15. The zero-order valence-electron chi connectivity index (χ0n) is 46.3. The molecule has 0 aliphatic carbocycles. The highest BCUT2D eigenvalue weighted by atomic mass is 32.1. The summed E-state index contributed by atoms with van der Waals surface area (Å²) in [6.07, 6.45) is 14.6. The third-order valence-electron chi connectivity index (χ3n) is 9.51. The number of hydrogen-bond acceptors (Lipinski definition) is 9. The Morgan fingerprint density at radius 3 is 1.42 bits per heavy atom. The average molecular weight is 979 g/mol.